The summed E-state index contributed by atoms with van der Waals surface area (Å²) in [6, 6.07) is 4.14. The molecule has 1 heterocycles. The van der Waals surface area contributed by atoms with Crippen LogP contribution in [-0.2, 0) is 9.53 Å². The van der Waals surface area contributed by atoms with Gasteiger partial charge in [0.15, 0.2) is 0 Å². The number of esters is 1. The largest absolute Gasteiger partial charge is 0.466 e. The van der Waals surface area contributed by atoms with Crippen molar-refractivity contribution in [2.75, 3.05) is 6.61 Å². The molecule has 0 aromatic carbocycles. The summed E-state index contributed by atoms with van der Waals surface area (Å²) in [7, 11) is 0. The van der Waals surface area contributed by atoms with Crippen LogP contribution >= 0.6 is 39.0 Å². The Morgan fingerprint density at radius 3 is 2.94 bits per heavy atom. The molecule has 0 saturated heterocycles. The van der Waals surface area contributed by atoms with Gasteiger partial charge in [0.25, 0.3) is 0 Å². The van der Waals surface area contributed by atoms with E-state index in [1.54, 1.807) is 23.1 Å². The number of hydrogen-bond donors (Lipinski definition) is 0. The highest BCUT2D eigenvalue weighted by molar-refractivity contribution is 9.11. The number of halogens is 1. The minimum absolute atomic E-state index is 0.0260. The standard InChI is InChI=1S/C11H13BrO2S2/c1-2-14-11(13)7-3-4-8(7)15-10-6-5-9(12)16-10/h5-8H,2-4H2,1H3. The van der Waals surface area contributed by atoms with Crippen molar-refractivity contribution in [2.45, 2.75) is 29.2 Å². The summed E-state index contributed by atoms with van der Waals surface area (Å²) in [5, 5.41) is 0.407. The number of ether oxygens (including phenoxy) is 1. The number of thioether (sulfide) groups is 1. The van der Waals surface area contributed by atoms with Crippen LogP contribution in [0.3, 0.4) is 0 Å². The Kier molecular flexibility index (Phi) is 4.33. The van der Waals surface area contributed by atoms with E-state index in [1.165, 1.54) is 4.21 Å². The second-order valence-corrected chi connectivity index (χ2v) is 7.65. The van der Waals surface area contributed by atoms with Crippen molar-refractivity contribution in [3.05, 3.63) is 15.9 Å². The average molecular weight is 321 g/mol. The van der Waals surface area contributed by atoms with E-state index < -0.39 is 0 Å². The Labute approximate surface area is 112 Å². The van der Waals surface area contributed by atoms with Crippen molar-refractivity contribution in [2.24, 2.45) is 5.92 Å². The number of carbonyl (C=O) groups is 1. The molecular formula is C11H13BrO2S2. The Balaban J connectivity index is 1.89. The average Bonchev–Trinajstić information content (AvgIpc) is 2.59. The molecule has 0 aliphatic heterocycles. The molecule has 1 aromatic heterocycles. The zero-order valence-corrected chi connectivity index (χ0v) is 12.2. The topological polar surface area (TPSA) is 26.3 Å². The fourth-order valence-electron chi connectivity index (χ4n) is 1.64. The minimum atomic E-state index is -0.0260. The van der Waals surface area contributed by atoms with Crippen molar-refractivity contribution in [3.8, 4) is 0 Å². The van der Waals surface area contributed by atoms with Gasteiger partial charge in [-0.1, -0.05) is 0 Å². The van der Waals surface area contributed by atoms with Crippen molar-refractivity contribution in [1.29, 1.82) is 0 Å². The van der Waals surface area contributed by atoms with Gasteiger partial charge in [0, 0.05) is 5.25 Å². The lowest BCUT2D eigenvalue weighted by molar-refractivity contribution is -0.150. The maximum absolute atomic E-state index is 11.6. The summed E-state index contributed by atoms with van der Waals surface area (Å²) in [5.74, 6) is 0.0766. The highest BCUT2D eigenvalue weighted by Crippen LogP contribution is 2.44. The van der Waals surface area contributed by atoms with Gasteiger partial charge >= 0.3 is 5.97 Å². The maximum atomic E-state index is 11.6. The molecule has 2 unspecified atom stereocenters. The molecule has 88 valence electrons. The molecule has 1 saturated carbocycles. The molecule has 1 fully saturated rings. The summed E-state index contributed by atoms with van der Waals surface area (Å²) >= 11 is 6.97. The maximum Gasteiger partial charge on any atom is 0.310 e. The normalized spacial score (nSPS) is 23.9. The molecule has 0 radical (unpaired) electrons. The van der Waals surface area contributed by atoms with E-state index in [-0.39, 0.29) is 11.9 Å². The zero-order valence-electron chi connectivity index (χ0n) is 8.94. The van der Waals surface area contributed by atoms with E-state index in [9.17, 15) is 4.79 Å². The smallest absolute Gasteiger partial charge is 0.310 e. The summed E-state index contributed by atoms with van der Waals surface area (Å²) in [6.07, 6.45) is 2.09. The third kappa shape index (κ3) is 2.81. The third-order valence-corrected chi connectivity index (χ3v) is 5.81. The van der Waals surface area contributed by atoms with Gasteiger partial charge in [0.05, 0.1) is 20.5 Å². The van der Waals surface area contributed by atoms with Gasteiger partial charge in [-0.05, 0) is 47.8 Å². The van der Waals surface area contributed by atoms with Crippen molar-refractivity contribution < 1.29 is 9.53 Å². The van der Waals surface area contributed by atoms with Gasteiger partial charge in [-0.3, -0.25) is 4.79 Å². The Morgan fingerprint density at radius 1 is 1.62 bits per heavy atom. The van der Waals surface area contributed by atoms with Crippen LogP contribution in [0.1, 0.15) is 19.8 Å². The summed E-state index contributed by atoms with van der Waals surface area (Å²) in [6.45, 7) is 2.34. The quantitative estimate of drug-likeness (QED) is 0.786. The van der Waals surface area contributed by atoms with Gasteiger partial charge in [-0.15, -0.1) is 23.1 Å². The molecule has 0 N–H and O–H groups in total. The van der Waals surface area contributed by atoms with Crippen LogP contribution in [0.4, 0.5) is 0 Å². The monoisotopic (exact) mass is 320 g/mol. The van der Waals surface area contributed by atoms with Crippen LogP contribution in [0.2, 0.25) is 0 Å². The number of carbonyl (C=O) groups excluding carboxylic acids is 1. The molecule has 2 rings (SSSR count). The predicted molar refractivity (Wildman–Crippen MR) is 71.0 cm³/mol. The molecule has 16 heavy (non-hydrogen) atoms. The molecule has 1 aliphatic carbocycles. The van der Waals surface area contributed by atoms with Gasteiger partial charge in [0.1, 0.15) is 0 Å². The van der Waals surface area contributed by atoms with Crippen LogP contribution in [0, 0.1) is 5.92 Å². The molecule has 5 heteroatoms. The highest BCUT2D eigenvalue weighted by Gasteiger charge is 2.38. The first-order valence-corrected chi connectivity index (χ1v) is 7.78. The second kappa shape index (κ2) is 5.56. The Hall–Kier alpha value is -0.0000000000000000833. The molecular weight excluding hydrogens is 308 g/mol. The molecule has 1 aromatic rings. The van der Waals surface area contributed by atoms with Crippen LogP contribution in [-0.4, -0.2) is 17.8 Å². The van der Waals surface area contributed by atoms with E-state index in [4.69, 9.17) is 4.74 Å². The lowest BCUT2D eigenvalue weighted by atomic mass is 9.85. The van der Waals surface area contributed by atoms with Crippen molar-refractivity contribution in [3.63, 3.8) is 0 Å². The molecule has 2 atom stereocenters. The fourth-order valence-corrected chi connectivity index (χ4v) is 5.02. The molecule has 2 nitrogen and oxygen atoms in total. The number of hydrogen-bond acceptors (Lipinski definition) is 4. The van der Waals surface area contributed by atoms with Crippen LogP contribution in [0.5, 0.6) is 0 Å². The lowest BCUT2D eigenvalue weighted by Gasteiger charge is -2.33. The molecule has 0 amide bonds. The molecule has 1 aliphatic rings. The summed E-state index contributed by atoms with van der Waals surface area (Å²) in [4.78, 5) is 11.6. The van der Waals surface area contributed by atoms with Crippen molar-refractivity contribution >= 4 is 45.0 Å². The van der Waals surface area contributed by atoms with Crippen molar-refractivity contribution in [1.82, 2.24) is 0 Å². The summed E-state index contributed by atoms with van der Waals surface area (Å²) < 4.78 is 7.47. The van der Waals surface area contributed by atoms with Gasteiger partial charge in [-0.25, -0.2) is 0 Å². The van der Waals surface area contributed by atoms with E-state index >= 15 is 0 Å². The first-order valence-electron chi connectivity index (χ1n) is 5.29. The second-order valence-electron chi connectivity index (χ2n) is 3.65. The SMILES string of the molecule is CCOC(=O)C1CCC1Sc1ccc(Br)s1. The first kappa shape index (κ1) is 12.5. The van der Waals surface area contributed by atoms with E-state index in [0.29, 0.717) is 11.9 Å². The minimum Gasteiger partial charge on any atom is -0.466 e. The Morgan fingerprint density at radius 2 is 2.44 bits per heavy atom. The molecule has 0 bridgehead atoms. The van der Waals surface area contributed by atoms with Crippen LogP contribution in [0.15, 0.2) is 20.1 Å². The van der Waals surface area contributed by atoms with Gasteiger partial charge in [0.2, 0.25) is 0 Å². The fraction of sp³-hybridized carbons (Fsp3) is 0.545. The number of thiophene rings is 1. The third-order valence-electron chi connectivity index (χ3n) is 2.62. The lowest BCUT2D eigenvalue weighted by Crippen LogP contribution is -2.36. The van der Waals surface area contributed by atoms with E-state index in [0.717, 1.165) is 16.6 Å². The summed E-state index contributed by atoms with van der Waals surface area (Å²) in [5.41, 5.74) is 0. The zero-order chi connectivity index (χ0) is 11.5. The predicted octanol–water partition coefficient (Wildman–Crippen LogP) is 3.94. The molecule has 0 spiro atoms. The highest BCUT2D eigenvalue weighted by atomic mass is 79.9. The van der Waals surface area contributed by atoms with Gasteiger partial charge < -0.3 is 4.74 Å². The van der Waals surface area contributed by atoms with Gasteiger partial charge in [-0.2, -0.15) is 0 Å². The van der Waals surface area contributed by atoms with E-state index in [2.05, 4.69) is 22.0 Å². The first-order chi connectivity index (χ1) is 7.70. The van der Waals surface area contributed by atoms with E-state index in [1.807, 2.05) is 13.0 Å². The number of rotatable bonds is 4. The van der Waals surface area contributed by atoms with Crippen LogP contribution < -0.4 is 0 Å². The Bertz CT molecular complexity index is 378. The van der Waals surface area contributed by atoms with Crippen LogP contribution in [0.25, 0.3) is 0 Å².